The zero-order valence-electron chi connectivity index (χ0n) is 17.3. The molecule has 2 bridgehead atoms. The summed E-state index contributed by atoms with van der Waals surface area (Å²) < 4.78 is 3.54. The molecule has 3 atom stereocenters. The zero-order valence-corrected chi connectivity index (χ0v) is 17.3. The summed E-state index contributed by atoms with van der Waals surface area (Å²) in [6.45, 7) is 5.63. The number of carbonyl (C=O) groups excluding carboxylic acids is 1. The van der Waals surface area contributed by atoms with Crippen LogP contribution in [-0.2, 0) is 0 Å². The molecule has 3 aromatic rings. The molecule has 1 fully saturated rings. The first-order chi connectivity index (χ1) is 14.5. The van der Waals surface area contributed by atoms with Crippen molar-refractivity contribution in [1.29, 1.82) is 0 Å². The molecule has 1 saturated heterocycles. The molecule has 30 heavy (non-hydrogen) atoms. The highest BCUT2D eigenvalue weighted by molar-refractivity contribution is 5.91. The molecular formula is C22H26N6O2. The van der Waals surface area contributed by atoms with Crippen molar-refractivity contribution in [3.05, 3.63) is 58.5 Å². The smallest absolute Gasteiger partial charge is 0.293 e. The molecule has 0 unspecified atom stereocenters. The van der Waals surface area contributed by atoms with Crippen LogP contribution < -0.4 is 5.56 Å². The number of aromatic nitrogens is 5. The van der Waals surface area contributed by atoms with E-state index >= 15 is 0 Å². The molecule has 156 valence electrons. The van der Waals surface area contributed by atoms with Gasteiger partial charge in [0.05, 0.1) is 0 Å². The van der Waals surface area contributed by atoms with Crippen molar-refractivity contribution in [2.45, 2.75) is 45.1 Å². The Balaban J connectivity index is 1.47. The lowest BCUT2D eigenvalue weighted by Gasteiger charge is -2.47. The van der Waals surface area contributed by atoms with Crippen LogP contribution in [0.5, 0.6) is 0 Å². The molecule has 0 saturated carbocycles. The number of hydrogen-bond acceptors (Lipinski definition) is 5. The standard InChI is InChI=1S/C22H26N6O2/c1-14(2)7-8-18-16-11-15(17-5-3-6-19(29)28(17)18)12-26(13-16)21(30)20-24-22-23-9-4-10-27(22)25-20/h3-6,9-10,14-16,18H,7-8,11-13H2,1-2H3/t15-,16+,18+/m1/s1. The Bertz CT molecular complexity index is 1120. The molecule has 0 radical (unpaired) electrons. The summed E-state index contributed by atoms with van der Waals surface area (Å²) in [6.07, 6.45) is 6.39. The van der Waals surface area contributed by atoms with Crippen molar-refractivity contribution in [3.8, 4) is 0 Å². The molecule has 1 amide bonds. The van der Waals surface area contributed by atoms with Gasteiger partial charge in [-0.1, -0.05) is 19.9 Å². The van der Waals surface area contributed by atoms with E-state index in [1.165, 1.54) is 4.52 Å². The van der Waals surface area contributed by atoms with Gasteiger partial charge in [-0.05, 0) is 43.2 Å². The van der Waals surface area contributed by atoms with Crippen LogP contribution in [0.4, 0.5) is 0 Å². The van der Waals surface area contributed by atoms with Gasteiger partial charge in [-0.15, -0.1) is 5.10 Å². The number of pyridine rings is 1. The lowest BCUT2D eigenvalue weighted by atomic mass is 9.76. The monoisotopic (exact) mass is 406 g/mol. The summed E-state index contributed by atoms with van der Waals surface area (Å²) in [7, 11) is 0. The van der Waals surface area contributed by atoms with Gasteiger partial charge in [-0.3, -0.25) is 9.59 Å². The van der Waals surface area contributed by atoms with E-state index in [0.29, 0.717) is 24.8 Å². The van der Waals surface area contributed by atoms with Gasteiger partial charge in [0, 0.05) is 49.2 Å². The van der Waals surface area contributed by atoms with Crippen molar-refractivity contribution in [3.63, 3.8) is 0 Å². The van der Waals surface area contributed by atoms with Crippen molar-refractivity contribution < 1.29 is 4.79 Å². The Kier molecular flexibility index (Phi) is 4.64. The lowest BCUT2D eigenvalue weighted by molar-refractivity contribution is 0.0502. The van der Waals surface area contributed by atoms with Crippen LogP contribution >= 0.6 is 0 Å². The fourth-order valence-corrected chi connectivity index (χ4v) is 5.05. The quantitative estimate of drug-likeness (QED) is 0.665. The molecule has 5 rings (SSSR count). The van der Waals surface area contributed by atoms with Crippen LogP contribution in [0, 0.1) is 11.8 Å². The number of piperidine rings is 1. The van der Waals surface area contributed by atoms with E-state index in [4.69, 9.17) is 0 Å². The van der Waals surface area contributed by atoms with E-state index in [1.807, 2.05) is 21.6 Å². The first kappa shape index (κ1) is 19.0. The van der Waals surface area contributed by atoms with Crippen molar-refractivity contribution in [2.75, 3.05) is 13.1 Å². The van der Waals surface area contributed by atoms with Gasteiger partial charge >= 0.3 is 0 Å². The van der Waals surface area contributed by atoms with Gasteiger partial charge in [0.15, 0.2) is 0 Å². The lowest BCUT2D eigenvalue weighted by Crippen LogP contribution is -2.51. The van der Waals surface area contributed by atoms with E-state index in [0.717, 1.165) is 25.0 Å². The highest BCUT2D eigenvalue weighted by Gasteiger charge is 2.42. The summed E-state index contributed by atoms with van der Waals surface area (Å²) in [5.41, 5.74) is 1.12. The predicted octanol–water partition coefficient (Wildman–Crippen LogP) is 2.52. The van der Waals surface area contributed by atoms with Gasteiger partial charge in [0.1, 0.15) is 0 Å². The molecule has 0 spiro atoms. The van der Waals surface area contributed by atoms with Gasteiger partial charge in [0.25, 0.3) is 17.2 Å². The predicted molar refractivity (Wildman–Crippen MR) is 111 cm³/mol. The Hall–Kier alpha value is -3.03. The normalized spacial score (nSPS) is 23.0. The van der Waals surface area contributed by atoms with Gasteiger partial charge < -0.3 is 9.47 Å². The Morgan fingerprint density at radius 1 is 1.23 bits per heavy atom. The number of likely N-dealkylation sites (tertiary alicyclic amines) is 1. The molecule has 2 aliphatic rings. The Morgan fingerprint density at radius 3 is 2.90 bits per heavy atom. The third kappa shape index (κ3) is 3.20. The van der Waals surface area contributed by atoms with Gasteiger partial charge in [-0.25, -0.2) is 9.50 Å². The maximum Gasteiger partial charge on any atom is 0.293 e. The molecular weight excluding hydrogens is 380 g/mol. The van der Waals surface area contributed by atoms with Gasteiger partial charge in [-0.2, -0.15) is 4.98 Å². The van der Waals surface area contributed by atoms with E-state index in [-0.39, 0.29) is 35.2 Å². The highest BCUT2D eigenvalue weighted by atomic mass is 16.2. The number of nitrogens with zero attached hydrogens (tertiary/aromatic N) is 6. The third-order valence-corrected chi connectivity index (χ3v) is 6.43. The van der Waals surface area contributed by atoms with Crippen LogP contribution in [-0.4, -0.2) is 48.0 Å². The van der Waals surface area contributed by atoms with E-state index < -0.39 is 0 Å². The summed E-state index contributed by atoms with van der Waals surface area (Å²) in [5.74, 6) is 1.43. The minimum Gasteiger partial charge on any atom is -0.335 e. The molecule has 0 aromatic carbocycles. The number of amides is 1. The van der Waals surface area contributed by atoms with Crippen LogP contribution in [0.3, 0.4) is 0 Å². The maximum atomic E-state index is 13.2. The number of rotatable bonds is 4. The minimum atomic E-state index is -0.162. The number of hydrogen-bond donors (Lipinski definition) is 0. The average molecular weight is 406 g/mol. The molecule has 0 aliphatic carbocycles. The first-order valence-electron chi connectivity index (χ1n) is 10.7. The van der Waals surface area contributed by atoms with E-state index in [1.54, 1.807) is 24.5 Å². The zero-order chi connectivity index (χ0) is 20.8. The van der Waals surface area contributed by atoms with Crippen LogP contribution in [0.25, 0.3) is 5.78 Å². The molecule has 2 aliphatic heterocycles. The van der Waals surface area contributed by atoms with Crippen molar-refractivity contribution in [2.24, 2.45) is 11.8 Å². The molecule has 3 aromatic heterocycles. The summed E-state index contributed by atoms with van der Waals surface area (Å²) in [5, 5.41) is 4.32. The van der Waals surface area contributed by atoms with E-state index in [2.05, 4.69) is 28.9 Å². The second kappa shape index (κ2) is 7.34. The molecule has 5 heterocycles. The Labute approximate surface area is 174 Å². The second-order valence-electron chi connectivity index (χ2n) is 8.90. The topological polar surface area (TPSA) is 85.4 Å². The summed E-state index contributed by atoms with van der Waals surface area (Å²) in [6, 6.07) is 7.42. The largest absolute Gasteiger partial charge is 0.335 e. The molecule has 8 nitrogen and oxygen atoms in total. The van der Waals surface area contributed by atoms with Crippen LogP contribution in [0.2, 0.25) is 0 Å². The fraction of sp³-hybridized carbons (Fsp3) is 0.500. The second-order valence-corrected chi connectivity index (χ2v) is 8.90. The molecule has 8 heteroatoms. The van der Waals surface area contributed by atoms with Gasteiger partial charge in [0.2, 0.25) is 5.82 Å². The van der Waals surface area contributed by atoms with E-state index in [9.17, 15) is 9.59 Å². The van der Waals surface area contributed by atoms with Crippen molar-refractivity contribution in [1.82, 2.24) is 29.0 Å². The SMILES string of the molecule is CC(C)CC[C@H]1[C@H]2C[C@H](CN(C(=O)c3nc4ncccn4n3)C2)c2cccc(=O)n21. The Morgan fingerprint density at radius 2 is 2.10 bits per heavy atom. The number of fused-ring (bicyclic) bond motifs is 5. The first-order valence-corrected chi connectivity index (χ1v) is 10.7. The third-order valence-electron chi connectivity index (χ3n) is 6.43. The molecule has 0 N–H and O–H groups in total. The maximum absolute atomic E-state index is 13.2. The minimum absolute atomic E-state index is 0.0730. The van der Waals surface area contributed by atoms with Crippen LogP contribution in [0.15, 0.2) is 41.5 Å². The fourth-order valence-electron chi connectivity index (χ4n) is 5.05. The highest BCUT2D eigenvalue weighted by Crippen LogP contribution is 2.43. The summed E-state index contributed by atoms with van der Waals surface area (Å²) in [4.78, 5) is 36.3. The summed E-state index contributed by atoms with van der Waals surface area (Å²) >= 11 is 0. The van der Waals surface area contributed by atoms with Crippen molar-refractivity contribution >= 4 is 11.7 Å². The number of carbonyl (C=O) groups is 1. The van der Waals surface area contributed by atoms with Crippen LogP contribution in [0.1, 0.15) is 61.4 Å². The average Bonchev–Trinajstić information content (AvgIpc) is 3.17.